The lowest BCUT2D eigenvalue weighted by atomic mass is 9.83. The maximum atomic E-state index is 6.20. The molecule has 0 atom stereocenters. The average Bonchev–Trinajstić information content (AvgIpc) is 3.60. The minimum atomic E-state index is 0.911. The van der Waals surface area contributed by atoms with Gasteiger partial charge in [0, 0.05) is 10.8 Å². The van der Waals surface area contributed by atoms with Gasteiger partial charge in [-0.15, -0.1) is 0 Å². The largest absolute Gasteiger partial charge is 0.456 e. The minimum absolute atomic E-state index is 0.911. The van der Waals surface area contributed by atoms with Crippen LogP contribution in [0.4, 0.5) is 0 Å². The van der Waals surface area contributed by atoms with Gasteiger partial charge in [-0.1, -0.05) is 164 Å². The van der Waals surface area contributed by atoms with Crippen LogP contribution < -0.4 is 0 Å². The normalized spacial score (nSPS) is 11.8. The molecule has 0 aliphatic carbocycles. The average molecular weight is 673 g/mol. The standard InChI is InChI=1S/C52H32O/c1-3-15-39-33(12-1)14-11-22-40(39)34-24-26-35(27-25-34)51-43-18-5-7-20-45(43)52(46-21-8-6-19-44(46)51)48-32-38(30-37-13-2-4-16-41(37)48)36-28-29-50-47(31-36)42-17-9-10-23-49(42)53-50/h1-32H. The molecule has 0 amide bonds. The summed E-state index contributed by atoms with van der Waals surface area (Å²) in [5, 5.41) is 12.3. The van der Waals surface area contributed by atoms with Gasteiger partial charge in [-0.3, -0.25) is 0 Å². The monoisotopic (exact) mass is 672 g/mol. The van der Waals surface area contributed by atoms with Crippen molar-refractivity contribution in [3.8, 4) is 44.5 Å². The second kappa shape index (κ2) is 11.8. The lowest BCUT2D eigenvalue weighted by Gasteiger charge is -2.20. The van der Waals surface area contributed by atoms with Crippen molar-refractivity contribution < 1.29 is 4.42 Å². The summed E-state index contributed by atoms with van der Waals surface area (Å²) in [5.74, 6) is 0. The second-order valence-electron chi connectivity index (χ2n) is 14.0. The Kier molecular flexibility index (Phi) is 6.62. The zero-order valence-corrected chi connectivity index (χ0v) is 28.9. The summed E-state index contributed by atoms with van der Waals surface area (Å²) < 4.78 is 6.20. The maximum absolute atomic E-state index is 6.20. The van der Waals surface area contributed by atoms with Crippen LogP contribution in [0.1, 0.15) is 0 Å². The predicted molar refractivity (Wildman–Crippen MR) is 225 cm³/mol. The molecule has 0 unspecified atom stereocenters. The first-order chi connectivity index (χ1) is 26.3. The number of hydrogen-bond acceptors (Lipinski definition) is 1. The lowest BCUT2D eigenvalue weighted by Crippen LogP contribution is -1.92. The number of hydrogen-bond donors (Lipinski definition) is 0. The summed E-state index contributed by atoms with van der Waals surface area (Å²) >= 11 is 0. The van der Waals surface area contributed by atoms with Gasteiger partial charge >= 0.3 is 0 Å². The van der Waals surface area contributed by atoms with Crippen LogP contribution in [0.2, 0.25) is 0 Å². The third-order valence-corrected chi connectivity index (χ3v) is 11.0. The van der Waals surface area contributed by atoms with Gasteiger partial charge in [-0.2, -0.15) is 0 Å². The summed E-state index contributed by atoms with van der Waals surface area (Å²) in [7, 11) is 0. The third-order valence-electron chi connectivity index (χ3n) is 11.0. The topological polar surface area (TPSA) is 13.1 Å². The van der Waals surface area contributed by atoms with Crippen molar-refractivity contribution in [1.29, 1.82) is 0 Å². The van der Waals surface area contributed by atoms with E-state index in [9.17, 15) is 0 Å². The maximum Gasteiger partial charge on any atom is 0.135 e. The van der Waals surface area contributed by atoms with Crippen molar-refractivity contribution in [3.05, 3.63) is 194 Å². The van der Waals surface area contributed by atoms with Crippen molar-refractivity contribution in [3.63, 3.8) is 0 Å². The van der Waals surface area contributed by atoms with Crippen molar-refractivity contribution in [2.75, 3.05) is 0 Å². The molecule has 1 heteroatoms. The molecule has 0 saturated carbocycles. The van der Waals surface area contributed by atoms with E-state index in [0.717, 1.165) is 21.9 Å². The molecule has 10 aromatic carbocycles. The molecule has 0 bridgehead atoms. The minimum Gasteiger partial charge on any atom is -0.456 e. The molecule has 0 radical (unpaired) electrons. The number of para-hydroxylation sites is 1. The van der Waals surface area contributed by atoms with Gasteiger partial charge in [0.15, 0.2) is 0 Å². The first-order valence-electron chi connectivity index (χ1n) is 18.3. The highest BCUT2D eigenvalue weighted by Crippen LogP contribution is 2.47. The van der Waals surface area contributed by atoms with Crippen LogP contribution in [-0.2, 0) is 0 Å². The van der Waals surface area contributed by atoms with E-state index in [4.69, 9.17) is 4.42 Å². The van der Waals surface area contributed by atoms with Crippen LogP contribution in [0.25, 0.3) is 110 Å². The molecule has 0 N–H and O–H groups in total. The summed E-state index contributed by atoms with van der Waals surface area (Å²) in [6.07, 6.45) is 0. The highest BCUT2D eigenvalue weighted by Gasteiger charge is 2.19. The first kappa shape index (κ1) is 29.7. The molecule has 0 fully saturated rings. The summed E-state index contributed by atoms with van der Waals surface area (Å²) in [6, 6.07) is 70.7. The van der Waals surface area contributed by atoms with Crippen molar-refractivity contribution >= 4 is 65.0 Å². The molecule has 0 saturated heterocycles. The van der Waals surface area contributed by atoms with Gasteiger partial charge < -0.3 is 4.42 Å². The highest BCUT2D eigenvalue weighted by molar-refractivity contribution is 6.24. The Balaban J connectivity index is 1.14. The van der Waals surface area contributed by atoms with Gasteiger partial charge in [-0.25, -0.2) is 0 Å². The quantitative estimate of drug-likeness (QED) is 0.170. The Morgan fingerprint density at radius 1 is 0.245 bits per heavy atom. The van der Waals surface area contributed by atoms with E-state index in [1.54, 1.807) is 0 Å². The summed E-state index contributed by atoms with van der Waals surface area (Å²) in [5.41, 5.74) is 11.6. The summed E-state index contributed by atoms with van der Waals surface area (Å²) in [6.45, 7) is 0. The molecule has 1 nitrogen and oxygen atoms in total. The SMILES string of the molecule is c1ccc2c(-c3ccc(-c4c5ccccc5c(-c5cc(-c6ccc7oc8ccccc8c7c6)cc6ccccc56)c5ccccc45)cc3)cccc2c1. The number of rotatable bonds is 4. The van der Waals surface area contributed by atoms with Crippen LogP contribution in [0.3, 0.4) is 0 Å². The van der Waals surface area contributed by atoms with Crippen LogP contribution in [-0.4, -0.2) is 0 Å². The molecule has 0 aliphatic rings. The van der Waals surface area contributed by atoms with E-state index >= 15 is 0 Å². The van der Waals surface area contributed by atoms with E-state index < -0.39 is 0 Å². The van der Waals surface area contributed by atoms with Gasteiger partial charge in [0.25, 0.3) is 0 Å². The predicted octanol–water partition coefficient (Wildman–Crippen LogP) is 14.9. The number of furan rings is 1. The fraction of sp³-hybridized carbons (Fsp3) is 0. The van der Waals surface area contributed by atoms with Crippen LogP contribution in [0.5, 0.6) is 0 Å². The van der Waals surface area contributed by atoms with Gasteiger partial charge in [0.1, 0.15) is 11.2 Å². The molecule has 246 valence electrons. The Hall–Kier alpha value is -6.96. The smallest absolute Gasteiger partial charge is 0.135 e. The lowest BCUT2D eigenvalue weighted by molar-refractivity contribution is 0.669. The molecule has 11 aromatic rings. The molecule has 0 spiro atoms. The Morgan fingerprint density at radius 2 is 0.755 bits per heavy atom. The zero-order chi connectivity index (χ0) is 34.9. The number of fused-ring (bicyclic) bond motifs is 7. The second-order valence-corrected chi connectivity index (χ2v) is 14.0. The van der Waals surface area contributed by atoms with Gasteiger partial charge in [-0.05, 0) is 118 Å². The molecule has 1 heterocycles. The van der Waals surface area contributed by atoms with E-state index in [-0.39, 0.29) is 0 Å². The Bertz CT molecular complexity index is 3150. The van der Waals surface area contributed by atoms with Crippen molar-refractivity contribution in [1.82, 2.24) is 0 Å². The van der Waals surface area contributed by atoms with E-state index in [0.29, 0.717) is 0 Å². The molecule has 11 rings (SSSR count). The number of benzene rings is 10. The molecular formula is C52H32O. The van der Waals surface area contributed by atoms with E-state index in [1.165, 1.54) is 87.6 Å². The summed E-state index contributed by atoms with van der Waals surface area (Å²) in [4.78, 5) is 0. The fourth-order valence-electron chi connectivity index (χ4n) is 8.61. The van der Waals surface area contributed by atoms with E-state index in [1.807, 2.05) is 12.1 Å². The highest BCUT2D eigenvalue weighted by atomic mass is 16.3. The zero-order valence-electron chi connectivity index (χ0n) is 28.9. The third kappa shape index (κ3) is 4.71. The Morgan fingerprint density at radius 3 is 1.47 bits per heavy atom. The Labute approximate surface area is 307 Å². The van der Waals surface area contributed by atoms with Gasteiger partial charge in [0.05, 0.1) is 0 Å². The molecule has 0 aliphatic heterocycles. The first-order valence-corrected chi connectivity index (χ1v) is 18.3. The van der Waals surface area contributed by atoms with Crippen LogP contribution >= 0.6 is 0 Å². The van der Waals surface area contributed by atoms with Crippen molar-refractivity contribution in [2.24, 2.45) is 0 Å². The van der Waals surface area contributed by atoms with Gasteiger partial charge in [0.2, 0.25) is 0 Å². The van der Waals surface area contributed by atoms with E-state index in [2.05, 4.69) is 182 Å². The van der Waals surface area contributed by atoms with Crippen LogP contribution in [0, 0.1) is 0 Å². The fourth-order valence-corrected chi connectivity index (χ4v) is 8.61. The molecular weight excluding hydrogens is 641 g/mol. The molecule has 1 aromatic heterocycles. The molecule has 53 heavy (non-hydrogen) atoms. The van der Waals surface area contributed by atoms with Crippen molar-refractivity contribution in [2.45, 2.75) is 0 Å². The van der Waals surface area contributed by atoms with Crippen LogP contribution in [0.15, 0.2) is 199 Å².